The quantitative estimate of drug-likeness (QED) is 0.677. The van der Waals surface area contributed by atoms with Crippen molar-refractivity contribution in [3.8, 4) is 0 Å². The Kier molecular flexibility index (Phi) is 3.16. The number of hydrogen-bond acceptors (Lipinski definition) is 3. The van der Waals surface area contributed by atoms with E-state index in [0.717, 1.165) is 38.5 Å². The maximum Gasteiger partial charge on any atom is 0.167 e. The lowest BCUT2D eigenvalue weighted by atomic mass is 9.48. The van der Waals surface area contributed by atoms with E-state index in [4.69, 9.17) is 0 Å². The minimum atomic E-state index is -0.736. The Labute approximate surface area is 132 Å². The molecule has 4 aliphatic rings. The zero-order valence-corrected chi connectivity index (χ0v) is 13.7. The predicted octanol–water partition coefficient (Wildman–Crippen LogP) is 2.85. The second-order valence-electron chi connectivity index (χ2n) is 8.73. The van der Waals surface area contributed by atoms with E-state index in [1.54, 1.807) is 0 Å². The summed E-state index contributed by atoms with van der Waals surface area (Å²) in [5.41, 5.74) is 1.37. The van der Waals surface area contributed by atoms with Crippen LogP contribution in [0.15, 0.2) is 11.6 Å². The summed E-state index contributed by atoms with van der Waals surface area (Å²) in [6.07, 6.45) is 8.00. The highest BCUT2D eigenvalue weighted by molar-refractivity contribution is 5.91. The molecule has 3 nitrogen and oxygen atoms in total. The SMILES string of the molecule is C[C@]12CC[C@@H](O)CC1=CCC1C2CC[C@]2(C)C(=O)[C@H](O)CC12. The number of carbonyl (C=O) groups is 1. The van der Waals surface area contributed by atoms with Gasteiger partial charge in [0.2, 0.25) is 0 Å². The molecule has 4 rings (SSSR count). The Hall–Kier alpha value is -0.670. The van der Waals surface area contributed by atoms with Crippen molar-refractivity contribution in [2.24, 2.45) is 28.6 Å². The number of Topliss-reactive ketones (excluding diaryl/α,β-unsaturated/α-hetero) is 1. The Morgan fingerprint density at radius 1 is 1.09 bits per heavy atom. The van der Waals surface area contributed by atoms with E-state index in [0.29, 0.717) is 24.2 Å². The maximum absolute atomic E-state index is 12.4. The van der Waals surface area contributed by atoms with Gasteiger partial charge in [-0.2, -0.15) is 0 Å². The molecule has 0 aromatic heterocycles. The number of fused-ring (bicyclic) bond motifs is 5. The molecule has 3 heteroatoms. The summed E-state index contributed by atoms with van der Waals surface area (Å²) in [5.74, 6) is 1.59. The van der Waals surface area contributed by atoms with Gasteiger partial charge in [0.25, 0.3) is 0 Å². The zero-order chi connectivity index (χ0) is 15.7. The van der Waals surface area contributed by atoms with E-state index < -0.39 is 6.10 Å². The van der Waals surface area contributed by atoms with Crippen LogP contribution < -0.4 is 0 Å². The fraction of sp³-hybridized carbons (Fsp3) is 0.842. The summed E-state index contributed by atoms with van der Waals surface area (Å²) in [6, 6.07) is 0. The number of ketones is 1. The van der Waals surface area contributed by atoms with E-state index in [-0.39, 0.29) is 22.7 Å². The Balaban J connectivity index is 1.70. The molecule has 122 valence electrons. The van der Waals surface area contributed by atoms with E-state index in [1.165, 1.54) is 5.57 Å². The molecule has 0 heterocycles. The van der Waals surface area contributed by atoms with Gasteiger partial charge in [0.1, 0.15) is 6.10 Å². The molecular formula is C19H28O3. The normalized spacial score (nSPS) is 54.3. The van der Waals surface area contributed by atoms with Crippen molar-refractivity contribution in [1.29, 1.82) is 0 Å². The van der Waals surface area contributed by atoms with Crippen LogP contribution >= 0.6 is 0 Å². The molecule has 0 radical (unpaired) electrons. The number of allylic oxidation sites excluding steroid dienone is 1. The van der Waals surface area contributed by atoms with Crippen LogP contribution in [0.4, 0.5) is 0 Å². The summed E-state index contributed by atoms with van der Waals surface area (Å²) in [4.78, 5) is 12.4. The van der Waals surface area contributed by atoms with Crippen LogP contribution in [0, 0.1) is 28.6 Å². The lowest BCUT2D eigenvalue weighted by Gasteiger charge is -2.56. The summed E-state index contributed by atoms with van der Waals surface area (Å²) < 4.78 is 0. The van der Waals surface area contributed by atoms with Gasteiger partial charge < -0.3 is 10.2 Å². The van der Waals surface area contributed by atoms with Crippen LogP contribution in [0.5, 0.6) is 0 Å². The first-order chi connectivity index (χ1) is 10.4. The lowest BCUT2D eigenvalue weighted by Crippen LogP contribution is -2.50. The Morgan fingerprint density at radius 2 is 1.82 bits per heavy atom. The maximum atomic E-state index is 12.4. The predicted molar refractivity (Wildman–Crippen MR) is 84.1 cm³/mol. The van der Waals surface area contributed by atoms with Crippen LogP contribution in [-0.4, -0.2) is 28.2 Å². The minimum Gasteiger partial charge on any atom is -0.393 e. The summed E-state index contributed by atoms with van der Waals surface area (Å²) in [7, 11) is 0. The van der Waals surface area contributed by atoms with Crippen molar-refractivity contribution in [2.45, 2.75) is 71.0 Å². The molecule has 0 saturated heterocycles. The van der Waals surface area contributed by atoms with Crippen LogP contribution in [-0.2, 0) is 4.79 Å². The van der Waals surface area contributed by atoms with Gasteiger partial charge in [-0.15, -0.1) is 0 Å². The number of aliphatic hydroxyl groups is 2. The highest BCUT2D eigenvalue weighted by Gasteiger charge is 2.60. The first-order valence-corrected chi connectivity index (χ1v) is 8.96. The number of carbonyl (C=O) groups excluding carboxylic acids is 1. The van der Waals surface area contributed by atoms with E-state index in [1.807, 2.05) is 0 Å². The van der Waals surface area contributed by atoms with Crippen molar-refractivity contribution in [3.63, 3.8) is 0 Å². The lowest BCUT2D eigenvalue weighted by molar-refractivity contribution is -0.136. The van der Waals surface area contributed by atoms with E-state index in [2.05, 4.69) is 19.9 Å². The van der Waals surface area contributed by atoms with Crippen molar-refractivity contribution in [3.05, 3.63) is 11.6 Å². The minimum absolute atomic E-state index is 0.0925. The third-order valence-corrected chi connectivity index (χ3v) is 7.81. The second-order valence-corrected chi connectivity index (χ2v) is 8.73. The fourth-order valence-electron chi connectivity index (χ4n) is 6.43. The molecule has 0 bridgehead atoms. The molecule has 0 aliphatic heterocycles. The largest absolute Gasteiger partial charge is 0.393 e. The number of aliphatic hydroxyl groups excluding tert-OH is 2. The van der Waals surface area contributed by atoms with Crippen molar-refractivity contribution in [2.75, 3.05) is 0 Å². The van der Waals surface area contributed by atoms with Gasteiger partial charge >= 0.3 is 0 Å². The van der Waals surface area contributed by atoms with Crippen LogP contribution in [0.25, 0.3) is 0 Å². The highest BCUT2D eigenvalue weighted by Crippen LogP contribution is 2.63. The van der Waals surface area contributed by atoms with Gasteiger partial charge in [-0.25, -0.2) is 0 Å². The van der Waals surface area contributed by atoms with Gasteiger partial charge in [-0.05, 0) is 68.1 Å². The molecule has 3 fully saturated rings. The van der Waals surface area contributed by atoms with Gasteiger partial charge in [0.05, 0.1) is 6.10 Å². The molecule has 3 unspecified atom stereocenters. The van der Waals surface area contributed by atoms with Crippen molar-refractivity contribution >= 4 is 5.78 Å². The molecule has 7 atom stereocenters. The molecule has 0 amide bonds. The standard InChI is InChI=1S/C19H28O3/c1-18-7-5-12(20)9-11(18)3-4-13-14(18)6-8-19(2)15(13)10-16(21)17(19)22/h3,12-16,20-21H,4-10H2,1-2H3/t12-,13?,14?,15?,16-,18+,19+/m1/s1. The summed E-state index contributed by atoms with van der Waals surface area (Å²) in [5, 5.41) is 20.1. The van der Waals surface area contributed by atoms with Gasteiger partial charge in [-0.1, -0.05) is 25.5 Å². The van der Waals surface area contributed by atoms with Gasteiger partial charge in [-0.3, -0.25) is 4.79 Å². The first kappa shape index (κ1) is 14.9. The highest BCUT2D eigenvalue weighted by atomic mass is 16.3. The fourth-order valence-corrected chi connectivity index (χ4v) is 6.43. The molecule has 22 heavy (non-hydrogen) atoms. The summed E-state index contributed by atoms with van der Waals surface area (Å²) >= 11 is 0. The molecule has 0 spiro atoms. The van der Waals surface area contributed by atoms with Crippen molar-refractivity contribution < 1.29 is 15.0 Å². The molecule has 0 aromatic carbocycles. The smallest absolute Gasteiger partial charge is 0.167 e. The van der Waals surface area contributed by atoms with Crippen LogP contribution in [0.3, 0.4) is 0 Å². The summed E-state index contributed by atoms with van der Waals surface area (Å²) in [6.45, 7) is 4.48. The third kappa shape index (κ3) is 1.78. The molecule has 0 aromatic rings. The van der Waals surface area contributed by atoms with Gasteiger partial charge in [0, 0.05) is 5.41 Å². The van der Waals surface area contributed by atoms with Crippen molar-refractivity contribution in [1.82, 2.24) is 0 Å². The Morgan fingerprint density at radius 3 is 2.59 bits per heavy atom. The average Bonchev–Trinajstić information content (AvgIpc) is 2.72. The van der Waals surface area contributed by atoms with E-state index in [9.17, 15) is 15.0 Å². The molecule has 2 N–H and O–H groups in total. The van der Waals surface area contributed by atoms with Gasteiger partial charge in [0.15, 0.2) is 5.78 Å². The van der Waals surface area contributed by atoms with E-state index >= 15 is 0 Å². The second kappa shape index (κ2) is 4.67. The molecular weight excluding hydrogens is 276 g/mol. The third-order valence-electron chi connectivity index (χ3n) is 7.81. The zero-order valence-electron chi connectivity index (χ0n) is 13.7. The molecule has 4 aliphatic carbocycles. The Bertz CT molecular complexity index is 539. The topological polar surface area (TPSA) is 57.5 Å². The average molecular weight is 304 g/mol. The molecule has 3 saturated carbocycles. The monoisotopic (exact) mass is 304 g/mol. The van der Waals surface area contributed by atoms with Crippen LogP contribution in [0.1, 0.15) is 58.8 Å². The number of hydrogen-bond donors (Lipinski definition) is 2. The number of rotatable bonds is 0. The van der Waals surface area contributed by atoms with Crippen LogP contribution in [0.2, 0.25) is 0 Å². The first-order valence-electron chi connectivity index (χ1n) is 8.96.